The lowest BCUT2D eigenvalue weighted by Gasteiger charge is -2.33. The molecule has 2 aromatic rings. The van der Waals surface area contributed by atoms with Crippen molar-refractivity contribution in [3.63, 3.8) is 0 Å². The van der Waals surface area contributed by atoms with Crippen LogP contribution in [0.3, 0.4) is 0 Å². The van der Waals surface area contributed by atoms with Crippen molar-refractivity contribution < 1.29 is 22.3 Å². The van der Waals surface area contributed by atoms with E-state index in [0.717, 1.165) is 49.6 Å². The minimum absolute atomic E-state index is 0.141. The molecule has 178 valence electrons. The first-order chi connectivity index (χ1) is 15.6. The number of sulfonamides is 1. The predicted octanol–water partition coefficient (Wildman–Crippen LogP) is 4.74. The lowest BCUT2D eigenvalue weighted by atomic mass is 10.0. The molecule has 2 aliphatic rings. The van der Waals surface area contributed by atoms with Crippen molar-refractivity contribution in [2.45, 2.75) is 44.2 Å². The minimum atomic E-state index is -3.80. The van der Waals surface area contributed by atoms with E-state index < -0.39 is 21.7 Å². The van der Waals surface area contributed by atoms with Crippen molar-refractivity contribution in [3.8, 4) is 5.75 Å². The van der Waals surface area contributed by atoms with Gasteiger partial charge in [0.1, 0.15) is 17.7 Å². The Hall–Kier alpha value is -1.87. The third-order valence-electron chi connectivity index (χ3n) is 5.80. The van der Waals surface area contributed by atoms with Crippen LogP contribution in [0.15, 0.2) is 30.3 Å². The van der Waals surface area contributed by atoms with Gasteiger partial charge in [0, 0.05) is 29.2 Å². The summed E-state index contributed by atoms with van der Waals surface area (Å²) in [6.07, 6.45) is 4.30. The van der Waals surface area contributed by atoms with Gasteiger partial charge >= 0.3 is 0 Å². The number of amides is 1. The maximum atomic E-state index is 14.8. The summed E-state index contributed by atoms with van der Waals surface area (Å²) in [5.74, 6) is -1.19. The molecule has 1 saturated heterocycles. The minimum Gasteiger partial charge on any atom is -0.489 e. The Morgan fingerprint density at radius 2 is 1.97 bits per heavy atom. The third-order valence-corrected chi connectivity index (χ3v) is 6.95. The van der Waals surface area contributed by atoms with Crippen LogP contribution in [0.2, 0.25) is 10.0 Å². The van der Waals surface area contributed by atoms with Crippen molar-refractivity contribution in [1.82, 2.24) is 9.62 Å². The molecule has 10 heteroatoms. The molecule has 0 aromatic heterocycles. The van der Waals surface area contributed by atoms with Gasteiger partial charge in [0.25, 0.3) is 5.91 Å². The first-order valence-corrected chi connectivity index (χ1v) is 13.4. The van der Waals surface area contributed by atoms with E-state index in [1.807, 2.05) is 16.9 Å². The summed E-state index contributed by atoms with van der Waals surface area (Å²) in [4.78, 5) is 14.5. The number of rotatable bonds is 7. The average molecular weight is 515 g/mol. The molecule has 2 fully saturated rings. The number of carbonyl (C=O) groups is 1. The number of likely N-dealkylation sites (tertiary alicyclic amines) is 1. The van der Waals surface area contributed by atoms with Gasteiger partial charge in [0.15, 0.2) is 0 Å². The van der Waals surface area contributed by atoms with E-state index in [0.29, 0.717) is 28.9 Å². The number of nitrogens with one attached hydrogen (secondary N) is 1. The Morgan fingerprint density at radius 1 is 1.21 bits per heavy atom. The van der Waals surface area contributed by atoms with Crippen molar-refractivity contribution in [1.29, 1.82) is 0 Å². The fourth-order valence-electron chi connectivity index (χ4n) is 4.11. The van der Waals surface area contributed by atoms with Crippen LogP contribution < -0.4 is 9.46 Å². The summed E-state index contributed by atoms with van der Waals surface area (Å²) in [6, 6.07) is 8.09. The third kappa shape index (κ3) is 6.38. The van der Waals surface area contributed by atoms with E-state index in [2.05, 4.69) is 4.90 Å². The Bertz CT molecular complexity index is 1170. The molecule has 0 spiro atoms. The van der Waals surface area contributed by atoms with Crippen molar-refractivity contribution in [3.05, 3.63) is 62.9 Å². The molecule has 1 heterocycles. The van der Waals surface area contributed by atoms with E-state index >= 15 is 0 Å². The van der Waals surface area contributed by atoms with Crippen LogP contribution in [0.1, 0.15) is 53.1 Å². The zero-order chi connectivity index (χ0) is 23.8. The molecular formula is C23H25Cl2FN2O4S. The normalized spacial score (nSPS) is 19.3. The molecule has 1 saturated carbocycles. The van der Waals surface area contributed by atoms with E-state index in [4.69, 9.17) is 27.9 Å². The summed E-state index contributed by atoms with van der Waals surface area (Å²) < 4.78 is 45.6. The highest BCUT2D eigenvalue weighted by molar-refractivity contribution is 7.89. The number of hydrogen-bond donors (Lipinski definition) is 1. The number of benzene rings is 2. The molecule has 2 aromatic carbocycles. The second-order valence-corrected chi connectivity index (χ2v) is 11.3. The number of carbonyl (C=O) groups excluding carboxylic acids is 1. The maximum Gasteiger partial charge on any atom is 0.267 e. The second-order valence-electron chi connectivity index (χ2n) is 8.70. The van der Waals surface area contributed by atoms with E-state index in [9.17, 15) is 17.6 Å². The zero-order valence-corrected chi connectivity index (χ0v) is 20.4. The van der Waals surface area contributed by atoms with Crippen molar-refractivity contribution >= 4 is 39.1 Å². The molecule has 0 unspecified atom stereocenters. The lowest BCUT2D eigenvalue weighted by molar-refractivity contribution is 0.0832. The molecule has 6 nitrogen and oxygen atoms in total. The first kappa shape index (κ1) is 24.3. The standard InChI is InChI=1S/C23H25Cl2FN2O4S/c1-33(30,31)27-23(29)19-10-18(14-4-5-14)22(11-21(19)26)32-17-3-2-8-28(13-17)12-15-6-7-16(24)9-20(15)25/h6-7,9-11,14,17H,2-5,8,12-13H2,1H3,(H,27,29)/t17-/m1/s1. The van der Waals surface area contributed by atoms with Crippen LogP contribution in [0.5, 0.6) is 5.75 Å². The zero-order valence-electron chi connectivity index (χ0n) is 18.1. The van der Waals surface area contributed by atoms with Gasteiger partial charge in [0.05, 0.1) is 11.8 Å². The first-order valence-electron chi connectivity index (χ1n) is 10.8. The fourth-order valence-corrected chi connectivity index (χ4v) is 5.02. The van der Waals surface area contributed by atoms with Crippen LogP contribution in [0.4, 0.5) is 4.39 Å². The fraction of sp³-hybridized carbons (Fsp3) is 0.435. The van der Waals surface area contributed by atoms with E-state index in [1.165, 1.54) is 12.1 Å². The van der Waals surface area contributed by atoms with Gasteiger partial charge < -0.3 is 4.74 Å². The van der Waals surface area contributed by atoms with Crippen LogP contribution in [0, 0.1) is 5.82 Å². The van der Waals surface area contributed by atoms with Gasteiger partial charge in [-0.1, -0.05) is 29.3 Å². The van der Waals surface area contributed by atoms with Gasteiger partial charge in [-0.15, -0.1) is 0 Å². The highest BCUT2D eigenvalue weighted by Gasteiger charge is 2.31. The smallest absolute Gasteiger partial charge is 0.267 e. The molecule has 1 aliphatic carbocycles. The summed E-state index contributed by atoms with van der Waals surface area (Å²) >= 11 is 12.3. The highest BCUT2D eigenvalue weighted by atomic mass is 35.5. The summed E-state index contributed by atoms with van der Waals surface area (Å²) in [5, 5.41) is 1.21. The van der Waals surface area contributed by atoms with Gasteiger partial charge in [0.2, 0.25) is 10.0 Å². The summed E-state index contributed by atoms with van der Waals surface area (Å²) in [6.45, 7) is 2.21. The predicted molar refractivity (Wildman–Crippen MR) is 126 cm³/mol. The Labute approximate surface area is 203 Å². The Kier molecular flexibility index (Phi) is 7.19. The molecule has 4 rings (SSSR count). The maximum absolute atomic E-state index is 14.8. The molecule has 0 radical (unpaired) electrons. The number of hydrogen-bond acceptors (Lipinski definition) is 5. The number of nitrogens with zero attached hydrogens (tertiary/aromatic N) is 1. The van der Waals surface area contributed by atoms with E-state index in [-0.39, 0.29) is 17.6 Å². The summed E-state index contributed by atoms with van der Waals surface area (Å²) in [5.41, 5.74) is 1.43. The van der Waals surface area contributed by atoms with Crippen LogP contribution in [-0.2, 0) is 16.6 Å². The SMILES string of the molecule is CS(=O)(=O)NC(=O)c1cc(C2CC2)c(O[C@@H]2CCCN(Cc3ccc(Cl)cc3Cl)C2)cc1F. The number of halogens is 3. The molecule has 0 bridgehead atoms. The van der Waals surface area contributed by atoms with Crippen LogP contribution in [-0.4, -0.2) is 44.7 Å². The summed E-state index contributed by atoms with van der Waals surface area (Å²) in [7, 11) is -3.80. The van der Waals surface area contributed by atoms with Gasteiger partial charge in [-0.05, 0) is 67.5 Å². The van der Waals surface area contributed by atoms with Crippen LogP contribution >= 0.6 is 23.2 Å². The Morgan fingerprint density at radius 3 is 2.64 bits per heavy atom. The van der Waals surface area contributed by atoms with Crippen molar-refractivity contribution in [2.75, 3.05) is 19.3 Å². The largest absolute Gasteiger partial charge is 0.489 e. The van der Waals surface area contributed by atoms with Gasteiger partial charge in [-0.2, -0.15) is 0 Å². The van der Waals surface area contributed by atoms with Crippen LogP contribution in [0.25, 0.3) is 0 Å². The molecule has 1 aliphatic heterocycles. The monoisotopic (exact) mass is 514 g/mol. The van der Waals surface area contributed by atoms with E-state index in [1.54, 1.807) is 6.07 Å². The topological polar surface area (TPSA) is 75.7 Å². The molecule has 1 N–H and O–H groups in total. The Balaban J connectivity index is 1.49. The quantitative estimate of drug-likeness (QED) is 0.577. The number of ether oxygens (including phenoxy) is 1. The average Bonchev–Trinajstić information content (AvgIpc) is 3.54. The molecular weight excluding hydrogens is 490 g/mol. The van der Waals surface area contributed by atoms with Gasteiger partial charge in [-0.3, -0.25) is 9.69 Å². The molecule has 33 heavy (non-hydrogen) atoms. The molecule has 1 atom stereocenters. The lowest BCUT2D eigenvalue weighted by Crippen LogP contribution is -2.40. The van der Waals surface area contributed by atoms with Gasteiger partial charge in [-0.25, -0.2) is 17.5 Å². The highest BCUT2D eigenvalue weighted by Crippen LogP contribution is 2.45. The second kappa shape index (κ2) is 9.78. The molecule has 1 amide bonds. The van der Waals surface area contributed by atoms with Crippen molar-refractivity contribution in [2.24, 2.45) is 0 Å². The number of piperidine rings is 1.